The summed E-state index contributed by atoms with van der Waals surface area (Å²) in [6, 6.07) is 7.98. The summed E-state index contributed by atoms with van der Waals surface area (Å²) in [6.07, 6.45) is 3.12. The first-order chi connectivity index (χ1) is 10.6. The van der Waals surface area contributed by atoms with Crippen LogP contribution in [0.3, 0.4) is 0 Å². The van der Waals surface area contributed by atoms with Gasteiger partial charge in [-0.2, -0.15) is 0 Å². The third-order valence-corrected chi connectivity index (χ3v) is 3.71. The number of likely N-dealkylation sites (N-methyl/N-ethyl adjacent to an activating group) is 2. The van der Waals surface area contributed by atoms with E-state index < -0.39 is 0 Å². The number of hydrogen-bond acceptors (Lipinski definition) is 2. The van der Waals surface area contributed by atoms with Gasteiger partial charge in [-0.3, -0.25) is 9.59 Å². The Hall–Kier alpha value is -2.56. The SMILES string of the molecule is C=CC(=O)N(CC)CC(=O)N(C)Cc1cccc2[nH]ccc12. The normalized spacial score (nSPS) is 10.5. The monoisotopic (exact) mass is 299 g/mol. The number of aromatic nitrogens is 1. The van der Waals surface area contributed by atoms with Gasteiger partial charge in [0, 0.05) is 37.2 Å². The molecule has 0 saturated carbocycles. The van der Waals surface area contributed by atoms with Crippen molar-refractivity contribution in [2.45, 2.75) is 13.5 Å². The van der Waals surface area contributed by atoms with E-state index >= 15 is 0 Å². The Morgan fingerprint density at radius 2 is 2.09 bits per heavy atom. The van der Waals surface area contributed by atoms with Gasteiger partial charge in [0.05, 0.1) is 6.54 Å². The number of hydrogen-bond donors (Lipinski definition) is 1. The molecule has 2 rings (SSSR count). The van der Waals surface area contributed by atoms with Crippen LogP contribution in [0.25, 0.3) is 10.9 Å². The lowest BCUT2D eigenvalue weighted by molar-refractivity contribution is -0.137. The van der Waals surface area contributed by atoms with Gasteiger partial charge in [-0.05, 0) is 30.7 Å². The van der Waals surface area contributed by atoms with Crippen LogP contribution in [-0.4, -0.2) is 46.7 Å². The lowest BCUT2D eigenvalue weighted by atomic mass is 10.1. The van der Waals surface area contributed by atoms with Crippen molar-refractivity contribution in [1.29, 1.82) is 0 Å². The average molecular weight is 299 g/mol. The van der Waals surface area contributed by atoms with Crippen LogP contribution in [0.2, 0.25) is 0 Å². The smallest absolute Gasteiger partial charge is 0.246 e. The van der Waals surface area contributed by atoms with Gasteiger partial charge < -0.3 is 14.8 Å². The number of nitrogens with zero attached hydrogens (tertiary/aromatic N) is 2. The number of rotatable bonds is 6. The molecule has 0 bridgehead atoms. The van der Waals surface area contributed by atoms with Gasteiger partial charge in [0.25, 0.3) is 0 Å². The second-order valence-electron chi connectivity index (χ2n) is 5.16. The van der Waals surface area contributed by atoms with Crippen molar-refractivity contribution in [1.82, 2.24) is 14.8 Å². The fourth-order valence-corrected chi connectivity index (χ4v) is 2.39. The Kier molecular flexibility index (Phi) is 4.99. The molecule has 0 aliphatic carbocycles. The number of H-pyrrole nitrogens is 1. The third kappa shape index (κ3) is 3.36. The molecule has 22 heavy (non-hydrogen) atoms. The van der Waals surface area contributed by atoms with Crippen LogP contribution in [0, 0.1) is 0 Å². The Morgan fingerprint density at radius 1 is 1.32 bits per heavy atom. The Morgan fingerprint density at radius 3 is 2.77 bits per heavy atom. The van der Waals surface area contributed by atoms with Crippen molar-refractivity contribution in [2.24, 2.45) is 0 Å². The highest BCUT2D eigenvalue weighted by Crippen LogP contribution is 2.18. The fourth-order valence-electron chi connectivity index (χ4n) is 2.39. The van der Waals surface area contributed by atoms with E-state index in [1.807, 2.05) is 37.4 Å². The fraction of sp³-hybridized carbons (Fsp3) is 0.294. The molecule has 0 aliphatic heterocycles. The van der Waals surface area contributed by atoms with E-state index in [1.54, 1.807) is 11.9 Å². The molecule has 1 heterocycles. The number of aromatic amines is 1. The van der Waals surface area contributed by atoms with E-state index in [1.165, 1.54) is 11.0 Å². The van der Waals surface area contributed by atoms with E-state index in [2.05, 4.69) is 11.6 Å². The number of benzene rings is 1. The summed E-state index contributed by atoms with van der Waals surface area (Å²) in [5.74, 6) is -0.318. The molecule has 0 unspecified atom stereocenters. The van der Waals surface area contributed by atoms with Gasteiger partial charge in [-0.15, -0.1) is 0 Å². The van der Waals surface area contributed by atoms with Crippen molar-refractivity contribution in [3.63, 3.8) is 0 Å². The molecule has 5 heteroatoms. The second kappa shape index (κ2) is 6.93. The zero-order valence-electron chi connectivity index (χ0n) is 13.0. The van der Waals surface area contributed by atoms with Gasteiger partial charge in [0.15, 0.2) is 0 Å². The first kappa shape index (κ1) is 15.8. The van der Waals surface area contributed by atoms with Crippen LogP contribution in [0.1, 0.15) is 12.5 Å². The number of carbonyl (C=O) groups is 2. The summed E-state index contributed by atoms with van der Waals surface area (Å²) in [4.78, 5) is 30.2. The summed E-state index contributed by atoms with van der Waals surface area (Å²) >= 11 is 0. The summed E-state index contributed by atoms with van der Waals surface area (Å²) in [5.41, 5.74) is 2.13. The largest absolute Gasteiger partial charge is 0.361 e. The first-order valence-corrected chi connectivity index (χ1v) is 7.27. The Balaban J connectivity index is 2.06. The van der Waals surface area contributed by atoms with Crippen LogP contribution in [0.5, 0.6) is 0 Å². The standard InChI is InChI=1S/C17H21N3O2/c1-4-16(21)20(5-2)12-17(22)19(3)11-13-7-6-8-15-14(13)9-10-18-15/h4,6-10,18H,1,5,11-12H2,2-3H3. The molecule has 0 radical (unpaired) electrons. The minimum atomic E-state index is -0.225. The van der Waals surface area contributed by atoms with Crippen molar-refractivity contribution in [3.8, 4) is 0 Å². The number of nitrogens with one attached hydrogen (secondary N) is 1. The Labute approximate surface area is 130 Å². The highest BCUT2D eigenvalue weighted by molar-refractivity contribution is 5.91. The van der Waals surface area contributed by atoms with E-state index in [0.717, 1.165) is 16.5 Å². The van der Waals surface area contributed by atoms with Crippen LogP contribution >= 0.6 is 0 Å². The van der Waals surface area contributed by atoms with E-state index in [-0.39, 0.29) is 18.4 Å². The third-order valence-electron chi connectivity index (χ3n) is 3.71. The predicted molar refractivity (Wildman–Crippen MR) is 87.2 cm³/mol. The first-order valence-electron chi connectivity index (χ1n) is 7.27. The minimum Gasteiger partial charge on any atom is -0.361 e. The Bertz CT molecular complexity index is 690. The number of carbonyl (C=O) groups excluding carboxylic acids is 2. The van der Waals surface area contributed by atoms with Crippen molar-refractivity contribution in [3.05, 3.63) is 48.7 Å². The molecule has 0 aliphatic rings. The zero-order valence-corrected chi connectivity index (χ0v) is 13.0. The topological polar surface area (TPSA) is 56.4 Å². The summed E-state index contributed by atoms with van der Waals surface area (Å²) in [6.45, 7) is 6.36. The van der Waals surface area contributed by atoms with Crippen molar-refractivity contribution in [2.75, 3.05) is 20.1 Å². The molecule has 2 aromatic rings. The molecular formula is C17H21N3O2. The zero-order chi connectivity index (χ0) is 16.1. The molecule has 1 aromatic carbocycles. The maximum absolute atomic E-state index is 12.3. The van der Waals surface area contributed by atoms with Crippen LogP contribution in [-0.2, 0) is 16.1 Å². The van der Waals surface area contributed by atoms with E-state index in [9.17, 15) is 9.59 Å². The highest BCUT2D eigenvalue weighted by atomic mass is 16.2. The summed E-state index contributed by atoms with van der Waals surface area (Å²) in [5, 5.41) is 1.11. The molecule has 0 atom stereocenters. The molecule has 1 N–H and O–H groups in total. The highest BCUT2D eigenvalue weighted by Gasteiger charge is 2.17. The molecule has 0 spiro atoms. The van der Waals surface area contributed by atoms with Gasteiger partial charge in [0.2, 0.25) is 11.8 Å². The molecule has 5 nitrogen and oxygen atoms in total. The van der Waals surface area contributed by atoms with E-state index in [0.29, 0.717) is 13.1 Å². The van der Waals surface area contributed by atoms with E-state index in [4.69, 9.17) is 0 Å². The number of fused-ring (bicyclic) bond motifs is 1. The molecule has 0 fully saturated rings. The van der Waals surface area contributed by atoms with Crippen LogP contribution < -0.4 is 0 Å². The van der Waals surface area contributed by atoms with Gasteiger partial charge in [-0.25, -0.2) is 0 Å². The molecular weight excluding hydrogens is 278 g/mol. The lowest BCUT2D eigenvalue weighted by Gasteiger charge is -2.23. The molecule has 0 saturated heterocycles. The maximum Gasteiger partial charge on any atom is 0.246 e. The summed E-state index contributed by atoms with van der Waals surface area (Å²) in [7, 11) is 1.75. The molecule has 2 amide bonds. The maximum atomic E-state index is 12.3. The van der Waals surface area contributed by atoms with Crippen LogP contribution in [0.4, 0.5) is 0 Å². The predicted octanol–water partition coefficient (Wildman–Crippen LogP) is 2.16. The average Bonchev–Trinajstić information content (AvgIpc) is 3.01. The number of amides is 2. The van der Waals surface area contributed by atoms with Crippen molar-refractivity contribution >= 4 is 22.7 Å². The second-order valence-corrected chi connectivity index (χ2v) is 5.16. The minimum absolute atomic E-state index is 0.0704. The molecule has 116 valence electrons. The van der Waals surface area contributed by atoms with Gasteiger partial charge in [-0.1, -0.05) is 18.7 Å². The van der Waals surface area contributed by atoms with Gasteiger partial charge in [0.1, 0.15) is 0 Å². The quantitative estimate of drug-likeness (QED) is 0.831. The van der Waals surface area contributed by atoms with Gasteiger partial charge >= 0.3 is 0 Å². The van der Waals surface area contributed by atoms with Crippen LogP contribution in [0.15, 0.2) is 43.1 Å². The molecule has 1 aromatic heterocycles. The lowest BCUT2D eigenvalue weighted by Crippen LogP contribution is -2.40. The summed E-state index contributed by atoms with van der Waals surface area (Å²) < 4.78 is 0. The van der Waals surface area contributed by atoms with Crippen molar-refractivity contribution < 1.29 is 9.59 Å².